The molecule has 0 bridgehead atoms. The fourth-order valence-corrected chi connectivity index (χ4v) is 2.39. The molecule has 0 aromatic heterocycles. The van der Waals surface area contributed by atoms with Crippen LogP contribution in [0.1, 0.15) is 31.6 Å². The second kappa shape index (κ2) is 6.28. The van der Waals surface area contributed by atoms with Crippen LogP contribution in [0.4, 0.5) is 0 Å². The Labute approximate surface area is 124 Å². The minimum Gasteiger partial charge on any atom is -0.497 e. The van der Waals surface area contributed by atoms with E-state index >= 15 is 0 Å². The van der Waals surface area contributed by atoms with Crippen molar-refractivity contribution in [3.63, 3.8) is 0 Å². The van der Waals surface area contributed by atoms with Crippen LogP contribution in [-0.4, -0.2) is 29.9 Å². The van der Waals surface area contributed by atoms with Gasteiger partial charge in [0.1, 0.15) is 11.9 Å². The first kappa shape index (κ1) is 15.5. The summed E-state index contributed by atoms with van der Waals surface area (Å²) in [5.74, 6) is -0.0961. The van der Waals surface area contributed by atoms with Crippen molar-refractivity contribution in [1.82, 2.24) is 0 Å². The third-order valence-electron chi connectivity index (χ3n) is 3.69. The van der Waals surface area contributed by atoms with Crippen molar-refractivity contribution in [3.05, 3.63) is 42.5 Å². The lowest BCUT2D eigenvalue weighted by molar-refractivity contribution is -0.139. The van der Waals surface area contributed by atoms with Crippen LogP contribution in [0.3, 0.4) is 0 Å². The van der Waals surface area contributed by atoms with E-state index in [0.717, 1.165) is 11.3 Å². The van der Waals surface area contributed by atoms with Gasteiger partial charge in [-0.15, -0.1) is 6.58 Å². The molecule has 21 heavy (non-hydrogen) atoms. The zero-order valence-corrected chi connectivity index (χ0v) is 12.2. The first-order chi connectivity index (χ1) is 9.98. The monoisotopic (exact) mass is 292 g/mol. The van der Waals surface area contributed by atoms with E-state index in [-0.39, 0.29) is 12.5 Å². The largest absolute Gasteiger partial charge is 0.497 e. The average Bonchev–Trinajstić information content (AvgIpc) is 2.83. The Hall–Kier alpha value is -1.85. The molecule has 1 unspecified atom stereocenters. The Morgan fingerprint density at radius 3 is 2.67 bits per heavy atom. The van der Waals surface area contributed by atoms with Crippen LogP contribution in [0.15, 0.2) is 36.9 Å². The quantitative estimate of drug-likeness (QED) is 0.817. The number of benzene rings is 1. The van der Waals surface area contributed by atoms with Crippen LogP contribution in [-0.2, 0) is 14.3 Å². The van der Waals surface area contributed by atoms with Crippen LogP contribution in [0.2, 0.25) is 0 Å². The van der Waals surface area contributed by atoms with Gasteiger partial charge in [0.05, 0.1) is 12.7 Å². The molecule has 0 amide bonds. The summed E-state index contributed by atoms with van der Waals surface area (Å²) in [7, 11) is 1.61. The van der Waals surface area contributed by atoms with Crippen molar-refractivity contribution in [2.45, 2.75) is 37.8 Å². The molecule has 0 saturated carbocycles. The van der Waals surface area contributed by atoms with E-state index in [2.05, 4.69) is 6.58 Å². The maximum absolute atomic E-state index is 10.8. The zero-order valence-electron chi connectivity index (χ0n) is 12.2. The minimum atomic E-state index is -0.851. The molecule has 1 N–H and O–H groups in total. The van der Waals surface area contributed by atoms with Gasteiger partial charge in [-0.1, -0.05) is 18.2 Å². The van der Waals surface area contributed by atoms with E-state index in [1.165, 1.54) is 0 Å². The number of carbonyl (C=O) groups is 1. The van der Waals surface area contributed by atoms with Crippen LogP contribution in [0.5, 0.6) is 5.75 Å². The van der Waals surface area contributed by atoms with Gasteiger partial charge >= 0.3 is 5.97 Å². The van der Waals surface area contributed by atoms with Crippen LogP contribution < -0.4 is 4.74 Å². The second-order valence-corrected chi connectivity index (χ2v) is 5.22. The molecular formula is C16H20O5. The lowest BCUT2D eigenvalue weighted by Crippen LogP contribution is -2.35. The van der Waals surface area contributed by atoms with Gasteiger partial charge in [-0.25, -0.2) is 0 Å². The van der Waals surface area contributed by atoms with Crippen molar-refractivity contribution in [3.8, 4) is 5.75 Å². The number of aliphatic carboxylic acids is 1. The van der Waals surface area contributed by atoms with Gasteiger partial charge in [0.15, 0.2) is 6.29 Å². The van der Waals surface area contributed by atoms with Crippen LogP contribution in [0.25, 0.3) is 0 Å². The Morgan fingerprint density at radius 1 is 1.48 bits per heavy atom. The first-order valence-corrected chi connectivity index (χ1v) is 6.80. The van der Waals surface area contributed by atoms with Crippen molar-refractivity contribution < 1.29 is 24.1 Å². The van der Waals surface area contributed by atoms with Gasteiger partial charge in [-0.05, 0) is 25.5 Å². The molecule has 0 spiro atoms. The molecule has 1 aliphatic rings. The van der Waals surface area contributed by atoms with E-state index in [4.69, 9.17) is 19.3 Å². The molecule has 0 radical (unpaired) electrons. The lowest BCUT2D eigenvalue weighted by Gasteiger charge is -2.25. The highest BCUT2D eigenvalue weighted by Crippen LogP contribution is 2.41. The zero-order chi connectivity index (χ0) is 15.5. The predicted molar refractivity (Wildman–Crippen MR) is 77.2 cm³/mol. The number of rotatable bonds is 6. The number of methoxy groups -OCH3 is 1. The molecule has 1 aromatic carbocycles. The van der Waals surface area contributed by atoms with Crippen LogP contribution in [0, 0.1) is 0 Å². The molecule has 1 aromatic rings. The van der Waals surface area contributed by atoms with Gasteiger partial charge in [0.25, 0.3) is 0 Å². The number of ether oxygens (including phenoxy) is 3. The SMILES string of the molecule is C=C[C@@H]1OC(c2ccc(OC)cc2)O[C@]1(C)CCC(=O)O. The van der Waals surface area contributed by atoms with Crippen molar-refractivity contribution in [2.24, 2.45) is 0 Å². The molecule has 114 valence electrons. The van der Waals surface area contributed by atoms with Gasteiger partial charge in [-0.3, -0.25) is 4.79 Å². The standard InChI is InChI=1S/C16H20O5/c1-4-13-16(2,10-9-14(17)18)21-15(20-13)11-5-7-12(19-3)8-6-11/h4-8,13,15H,1,9-10H2,2-3H3,(H,17,18)/t13-,15?,16+/m0/s1. The maximum atomic E-state index is 10.8. The molecule has 2 rings (SSSR count). The molecule has 3 atom stereocenters. The third-order valence-corrected chi connectivity index (χ3v) is 3.69. The summed E-state index contributed by atoms with van der Waals surface area (Å²) < 4.78 is 16.9. The van der Waals surface area contributed by atoms with Gasteiger partial charge < -0.3 is 19.3 Å². The number of carboxylic acid groups (broad SMARTS) is 1. The second-order valence-electron chi connectivity index (χ2n) is 5.22. The van der Waals surface area contributed by atoms with E-state index in [1.807, 2.05) is 31.2 Å². The van der Waals surface area contributed by atoms with Crippen molar-refractivity contribution in [2.75, 3.05) is 7.11 Å². The van der Waals surface area contributed by atoms with E-state index in [9.17, 15) is 4.79 Å². The molecule has 1 saturated heterocycles. The lowest BCUT2D eigenvalue weighted by atomic mass is 9.93. The highest BCUT2D eigenvalue weighted by molar-refractivity contribution is 5.66. The highest BCUT2D eigenvalue weighted by atomic mass is 16.7. The van der Waals surface area contributed by atoms with Crippen LogP contribution >= 0.6 is 0 Å². The molecule has 1 aliphatic heterocycles. The van der Waals surface area contributed by atoms with E-state index < -0.39 is 17.9 Å². The molecular weight excluding hydrogens is 272 g/mol. The summed E-state index contributed by atoms with van der Waals surface area (Å²) in [5.41, 5.74) is 0.173. The molecule has 1 fully saturated rings. The maximum Gasteiger partial charge on any atom is 0.303 e. The Morgan fingerprint density at radius 2 is 2.14 bits per heavy atom. The summed E-state index contributed by atoms with van der Waals surface area (Å²) >= 11 is 0. The highest BCUT2D eigenvalue weighted by Gasteiger charge is 2.45. The molecule has 1 heterocycles. The average molecular weight is 292 g/mol. The first-order valence-electron chi connectivity index (χ1n) is 6.80. The molecule has 0 aliphatic carbocycles. The third kappa shape index (κ3) is 3.43. The Kier molecular flexibility index (Phi) is 4.65. The van der Waals surface area contributed by atoms with Crippen molar-refractivity contribution in [1.29, 1.82) is 0 Å². The van der Waals surface area contributed by atoms with Gasteiger partial charge in [0.2, 0.25) is 0 Å². The fourth-order valence-electron chi connectivity index (χ4n) is 2.39. The van der Waals surface area contributed by atoms with E-state index in [1.54, 1.807) is 13.2 Å². The molecule has 5 heteroatoms. The summed E-state index contributed by atoms with van der Waals surface area (Å²) in [6, 6.07) is 7.40. The van der Waals surface area contributed by atoms with Crippen molar-refractivity contribution >= 4 is 5.97 Å². The fraction of sp³-hybridized carbons (Fsp3) is 0.438. The summed E-state index contributed by atoms with van der Waals surface area (Å²) in [6.45, 7) is 5.60. The normalized spacial score (nSPS) is 28.3. The number of hydrogen-bond donors (Lipinski definition) is 1. The molecule has 5 nitrogen and oxygen atoms in total. The predicted octanol–water partition coefficient (Wildman–Crippen LogP) is 2.92. The summed E-state index contributed by atoms with van der Waals surface area (Å²) in [5, 5.41) is 8.85. The Bertz CT molecular complexity index is 510. The number of hydrogen-bond acceptors (Lipinski definition) is 4. The smallest absolute Gasteiger partial charge is 0.303 e. The van der Waals surface area contributed by atoms with E-state index in [0.29, 0.717) is 6.42 Å². The van der Waals surface area contributed by atoms with Gasteiger partial charge in [-0.2, -0.15) is 0 Å². The summed E-state index contributed by atoms with van der Waals surface area (Å²) in [4.78, 5) is 10.8. The number of carboxylic acids is 1. The Balaban J connectivity index is 2.13. The topological polar surface area (TPSA) is 65.0 Å². The minimum absolute atomic E-state index is 0.0273. The summed E-state index contributed by atoms with van der Waals surface area (Å²) in [6.07, 6.45) is 1.18. The van der Waals surface area contributed by atoms with Gasteiger partial charge in [0, 0.05) is 12.0 Å².